The zero-order valence-corrected chi connectivity index (χ0v) is 20.6. The Hall–Kier alpha value is -2.96. The van der Waals surface area contributed by atoms with Crippen LogP contribution in [0.25, 0.3) is 0 Å². The van der Waals surface area contributed by atoms with Crippen LogP contribution in [-0.2, 0) is 10.0 Å². The normalized spacial score (nSPS) is 21.0. The number of nitrogens with one attached hydrogen (secondary N) is 2. The van der Waals surface area contributed by atoms with E-state index in [0.29, 0.717) is 16.6 Å². The van der Waals surface area contributed by atoms with E-state index in [1.165, 1.54) is 5.56 Å². The van der Waals surface area contributed by atoms with Crippen molar-refractivity contribution >= 4 is 33.0 Å². The van der Waals surface area contributed by atoms with Crippen LogP contribution >= 0.6 is 11.6 Å². The minimum atomic E-state index is -3.75. The fourth-order valence-corrected chi connectivity index (χ4v) is 6.14. The lowest BCUT2D eigenvalue weighted by Gasteiger charge is -2.37. The van der Waals surface area contributed by atoms with Gasteiger partial charge in [0.05, 0.1) is 22.7 Å². The summed E-state index contributed by atoms with van der Waals surface area (Å²) in [6.07, 6.45) is 5.46. The minimum absolute atomic E-state index is 0.132. The van der Waals surface area contributed by atoms with E-state index in [4.69, 9.17) is 16.3 Å². The van der Waals surface area contributed by atoms with Gasteiger partial charge < -0.3 is 10.1 Å². The van der Waals surface area contributed by atoms with Gasteiger partial charge in [0, 0.05) is 16.6 Å². The molecule has 0 bridgehead atoms. The van der Waals surface area contributed by atoms with Crippen molar-refractivity contribution in [2.75, 3.05) is 10.0 Å². The Balaban J connectivity index is 1.43. The first kappa shape index (κ1) is 22.8. The molecule has 34 heavy (non-hydrogen) atoms. The Morgan fingerprint density at radius 2 is 1.85 bits per heavy atom. The number of allylic oxidation sites excluding steroid dienone is 2. The molecule has 0 aromatic heterocycles. The third-order valence-electron chi connectivity index (χ3n) is 6.33. The van der Waals surface area contributed by atoms with E-state index in [1.54, 1.807) is 36.4 Å². The highest BCUT2D eigenvalue weighted by atomic mass is 35.5. The van der Waals surface area contributed by atoms with Crippen molar-refractivity contribution in [3.8, 4) is 5.75 Å². The minimum Gasteiger partial charge on any atom is -0.491 e. The van der Waals surface area contributed by atoms with Crippen LogP contribution in [0.1, 0.15) is 43.4 Å². The molecule has 0 spiro atoms. The van der Waals surface area contributed by atoms with Crippen molar-refractivity contribution in [1.82, 2.24) is 0 Å². The standard InChI is InChI=1S/C27H27ClN2O3S/c1-17(2)33-21-11-9-18(10-12-21)27-24-8-4-7-23(24)25-16-22(13-14-26(25)29-27)34(31,32)30-20-6-3-5-19(28)15-20/h3-7,9-17,23-24,27,29-30H,8H2,1-2H3/t23-,24+,27+/m0/s1. The number of halogens is 1. The van der Waals surface area contributed by atoms with Crippen molar-refractivity contribution in [2.45, 2.75) is 43.2 Å². The highest BCUT2D eigenvalue weighted by molar-refractivity contribution is 7.92. The van der Waals surface area contributed by atoms with E-state index in [1.807, 2.05) is 32.0 Å². The van der Waals surface area contributed by atoms with Crippen LogP contribution in [0.15, 0.2) is 83.8 Å². The van der Waals surface area contributed by atoms with Crippen LogP contribution in [0.2, 0.25) is 5.02 Å². The van der Waals surface area contributed by atoms with Crippen molar-refractivity contribution in [1.29, 1.82) is 0 Å². The zero-order valence-electron chi connectivity index (χ0n) is 19.0. The van der Waals surface area contributed by atoms with E-state index in [2.05, 4.69) is 34.3 Å². The summed E-state index contributed by atoms with van der Waals surface area (Å²) in [4.78, 5) is 0.237. The van der Waals surface area contributed by atoms with E-state index in [0.717, 1.165) is 23.4 Å². The van der Waals surface area contributed by atoms with Gasteiger partial charge >= 0.3 is 0 Å². The predicted molar refractivity (Wildman–Crippen MR) is 137 cm³/mol. The number of ether oxygens (including phenoxy) is 1. The lowest BCUT2D eigenvalue weighted by atomic mass is 9.77. The molecule has 3 aromatic carbocycles. The smallest absolute Gasteiger partial charge is 0.261 e. The largest absolute Gasteiger partial charge is 0.491 e. The number of anilines is 2. The molecule has 5 rings (SSSR count). The highest BCUT2D eigenvalue weighted by Crippen LogP contribution is 2.50. The van der Waals surface area contributed by atoms with Crippen molar-refractivity contribution < 1.29 is 13.2 Å². The van der Waals surface area contributed by atoms with Gasteiger partial charge in [0.25, 0.3) is 10.0 Å². The molecule has 1 aliphatic heterocycles. The first-order valence-electron chi connectivity index (χ1n) is 11.4. The van der Waals surface area contributed by atoms with Gasteiger partial charge in [0.1, 0.15) is 5.75 Å². The molecule has 1 aliphatic carbocycles. The molecular weight excluding hydrogens is 468 g/mol. The van der Waals surface area contributed by atoms with Crippen molar-refractivity contribution in [2.24, 2.45) is 5.92 Å². The molecular formula is C27H27ClN2O3S. The number of rotatable bonds is 6. The predicted octanol–water partition coefficient (Wildman–Crippen LogP) is 6.75. The molecule has 2 N–H and O–H groups in total. The second-order valence-electron chi connectivity index (χ2n) is 9.08. The molecule has 176 valence electrons. The van der Waals surface area contributed by atoms with E-state index >= 15 is 0 Å². The van der Waals surface area contributed by atoms with Crippen molar-refractivity contribution in [3.63, 3.8) is 0 Å². The molecule has 7 heteroatoms. The fourth-order valence-electron chi connectivity index (χ4n) is 4.86. The number of fused-ring (bicyclic) bond motifs is 3. The van der Waals surface area contributed by atoms with Crippen LogP contribution < -0.4 is 14.8 Å². The summed E-state index contributed by atoms with van der Waals surface area (Å²) in [5.74, 6) is 1.32. The summed E-state index contributed by atoms with van der Waals surface area (Å²) >= 11 is 6.01. The third-order valence-corrected chi connectivity index (χ3v) is 7.95. The molecule has 0 saturated heterocycles. The van der Waals surface area contributed by atoms with Crippen LogP contribution in [0.3, 0.4) is 0 Å². The summed E-state index contributed by atoms with van der Waals surface area (Å²) < 4.78 is 34.6. The van der Waals surface area contributed by atoms with Crippen LogP contribution in [0, 0.1) is 5.92 Å². The summed E-state index contributed by atoms with van der Waals surface area (Å²) in [6, 6.07) is 20.4. The Labute approximate surface area is 205 Å². The topological polar surface area (TPSA) is 67.4 Å². The monoisotopic (exact) mass is 494 g/mol. The maximum atomic E-state index is 13.1. The van der Waals surface area contributed by atoms with Gasteiger partial charge in [-0.15, -0.1) is 0 Å². The number of hydrogen-bond acceptors (Lipinski definition) is 4. The third kappa shape index (κ3) is 4.52. The summed E-state index contributed by atoms with van der Waals surface area (Å²) in [7, 11) is -3.75. The summed E-state index contributed by atoms with van der Waals surface area (Å²) in [6.45, 7) is 4.03. The zero-order chi connectivity index (χ0) is 23.9. The molecule has 1 heterocycles. The average molecular weight is 495 g/mol. The Bertz CT molecular complexity index is 1340. The number of sulfonamides is 1. The Kier molecular flexibility index (Phi) is 6.04. The lowest BCUT2D eigenvalue weighted by molar-refractivity contribution is 0.242. The van der Waals surface area contributed by atoms with Gasteiger partial charge in [-0.3, -0.25) is 4.72 Å². The van der Waals surface area contributed by atoms with E-state index in [-0.39, 0.29) is 23.0 Å². The first-order chi connectivity index (χ1) is 16.3. The van der Waals surface area contributed by atoms with Crippen LogP contribution in [-0.4, -0.2) is 14.5 Å². The van der Waals surface area contributed by atoms with Crippen molar-refractivity contribution in [3.05, 3.63) is 95.0 Å². The second-order valence-corrected chi connectivity index (χ2v) is 11.2. The summed E-state index contributed by atoms with van der Waals surface area (Å²) in [5, 5.41) is 4.14. The van der Waals surface area contributed by atoms with E-state index in [9.17, 15) is 8.42 Å². The molecule has 3 aromatic rings. The first-order valence-corrected chi connectivity index (χ1v) is 13.3. The molecule has 0 amide bonds. The SMILES string of the molecule is CC(C)Oc1ccc([C@H]2Nc3ccc(S(=O)(=O)Nc4cccc(Cl)c4)cc3[C@H]3C=CC[C@H]32)cc1. The lowest BCUT2D eigenvalue weighted by Crippen LogP contribution is -2.29. The number of hydrogen-bond donors (Lipinski definition) is 2. The Morgan fingerprint density at radius 1 is 1.06 bits per heavy atom. The van der Waals surface area contributed by atoms with E-state index < -0.39 is 10.0 Å². The average Bonchev–Trinajstić information content (AvgIpc) is 3.28. The van der Waals surface area contributed by atoms with Gasteiger partial charge in [-0.05, 0) is 85.8 Å². The fraction of sp³-hybridized carbons (Fsp3) is 0.259. The molecule has 0 saturated carbocycles. The molecule has 5 nitrogen and oxygen atoms in total. The van der Waals surface area contributed by atoms with Gasteiger partial charge in [-0.25, -0.2) is 8.42 Å². The van der Waals surface area contributed by atoms with Gasteiger partial charge in [-0.1, -0.05) is 42.0 Å². The highest BCUT2D eigenvalue weighted by Gasteiger charge is 2.38. The number of benzene rings is 3. The molecule has 0 unspecified atom stereocenters. The van der Waals surface area contributed by atoms with Crippen LogP contribution in [0.5, 0.6) is 5.75 Å². The molecule has 2 aliphatic rings. The maximum absolute atomic E-state index is 13.1. The molecule has 0 radical (unpaired) electrons. The second kappa shape index (κ2) is 9.01. The molecule has 3 atom stereocenters. The summed E-state index contributed by atoms with van der Waals surface area (Å²) in [5.41, 5.74) is 3.59. The van der Waals surface area contributed by atoms with Gasteiger partial charge in [0.15, 0.2) is 0 Å². The molecule has 0 fully saturated rings. The Morgan fingerprint density at radius 3 is 2.59 bits per heavy atom. The van der Waals surface area contributed by atoms with Gasteiger partial charge in [-0.2, -0.15) is 0 Å². The maximum Gasteiger partial charge on any atom is 0.261 e. The quantitative estimate of drug-likeness (QED) is 0.372. The van der Waals surface area contributed by atoms with Gasteiger partial charge in [0.2, 0.25) is 0 Å². The van der Waals surface area contributed by atoms with Crippen LogP contribution in [0.4, 0.5) is 11.4 Å².